The van der Waals surface area contributed by atoms with Crippen molar-refractivity contribution in [3.05, 3.63) is 54.5 Å². The molecule has 0 amide bonds. The molecule has 0 saturated heterocycles. The average molecular weight is 248 g/mol. The Balaban J connectivity index is 2.00. The van der Waals surface area contributed by atoms with Crippen molar-refractivity contribution in [1.82, 2.24) is 15.1 Å². The second-order valence-corrected chi connectivity index (χ2v) is 3.87. The molecule has 3 heterocycles. The van der Waals surface area contributed by atoms with Gasteiger partial charge in [-0.15, -0.1) is 0 Å². The lowest BCUT2D eigenvalue weighted by molar-refractivity contribution is 0.434. The first-order valence-electron chi connectivity index (χ1n) is 5.60. The van der Waals surface area contributed by atoms with Crippen LogP contribution >= 0.6 is 0 Å². The zero-order valence-corrected chi connectivity index (χ0v) is 9.82. The van der Waals surface area contributed by atoms with Gasteiger partial charge in [0.1, 0.15) is 11.8 Å². The molecule has 3 rings (SSSR count). The fraction of sp³-hybridized carbons (Fsp3) is 0. The average Bonchev–Trinajstić information content (AvgIpc) is 2.98. The van der Waals surface area contributed by atoms with Crippen LogP contribution < -0.4 is 0 Å². The van der Waals surface area contributed by atoms with Crippen LogP contribution in [0.25, 0.3) is 22.7 Å². The minimum absolute atomic E-state index is 0.480. The summed E-state index contributed by atoms with van der Waals surface area (Å²) in [5, 5.41) is 12.8. The molecule has 5 nitrogen and oxygen atoms in total. The van der Waals surface area contributed by atoms with Crippen LogP contribution in [0.15, 0.2) is 53.4 Å². The Bertz CT molecular complexity index is 743. The molecule has 0 aliphatic carbocycles. The molecule has 0 bridgehead atoms. The van der Waals surface area contributed by atoms with Gasteiger partial charge in [0.05, 0.1) is 11.3 Å². The summed E-state index contributed by atoms with van der Waals surface area (Å²) >= 11 is 0. The van der Waals surface area contributed by atoms with Gasteiger partial charge in [-0.25, -0.2) is 0 Å². The van der Waals surface area contributed by atoms with E-state index in [0.717, 1.165) is 5.69 Å². The van der Waals surface area contributed by atoms with Crippen molar-refractivity contribution in [1.29, 1.82) is 5.26 Å². The molecule has 0 radical (unpaired) electrons. The number of aromatic nitrogens is 3. The summed E-state index contributed by atoms with van der Waals surface area (Å²) in [4.78, 5) is 8.19. The van der Waals surface area contributed by atoms with Crippen LogP contribution in [0.5, 0.6) is 0 Å². The van der Waals surface area contributed by atoms with Gasteiger partial charge in [0.2, 0.25) is 0 Å². The SMILES string of the molecule is N#Cc1cncc(-c2cc(-c3ccccn3)no2)c1. The van der Waals surface area contributed by atoms with Crippen molar-refractivity contribution in [2.45, 2.75) is 0 Å². The summed E-state index contributed by atoms with van der Waals surface area (Å²) in [6.45, 7) is 0. The third-order valence-electron chi connectivity index (χ3n) is 2.59. The summed E-state index contributed by atoms with van der Waals surface area (Å²) in [6, 6.07) is 11.1. The molecule has 0 aliphatic rings. The second kappa shape index (κ2) is 4.70. The van der Waals surface area contributed by atoms with Gasteiger partial charge in [-0.2, -0.15) is 5.26 Å². The van der Waals surface area contributed by atoms with Gasteiger partial charge in [0.15, 0.2) is 5.76 Å². The molecule has 3 aromatic heterocycles. The molecule has 0 spiro atoms. The Morgan fingerprint density at radius 1 is 1.11 bits per heavy atom. The van der Waals surface area contributed by atoms with E-state index in [4.69, 9.17) is 9.78 Å². The van der Waals surface area contributed by atoms with Gasteiger partial charge in [-0.1, -0.05) is 11.2 Å². The fourth-order valence-electron chi connectivity index (χ4n) is 1.68. The molecule has 0 atom stereocenters. The maximum absolute atomic E-state index is 8.85. The third kappa shape index (κ3) is 2.19. The standard InChI is InChI=1S/C14H8N4O/c15-7-10-5-11(9-16-8-10)14-6-13(18-19-14)12-3-1-2-4-17-12/h1-6,8-9H. The van der Waals surface area contributed by atoms with Gasteiger partial charge in [-0.3, -0.25) is 9.97 Å². The predicted molar refractivity (Wildman–Crippen MR) is 67.7 cm³/mol. The molecule has 0 N–H and O–H groups in total. The van der Waals surface area contributed by atoms with Crippen LogP contribution in [0, 0.1) is 11.3 Å². The summed E-state index contributed by atoms with van der Waals surface area (Å²) in [5.74, 6) is 0.560. The minimum Gasteiger partial charge on any atom is -0.356 e. The van der Waals surface area contributed by atoms with E-state index in [1.54, 1.807) is 24.5 Å². The molecule has 19 heavy (non-hydrogen) atoms. The third-order valence-corrected chi connectivity index (χ3v) is 2.59. The predicted octanol–water partition coefficient (Wildman–Crippen LogP) is 2.67. The van der Waals surface area contributed by atoms with E-state index in [1.165, 1.54) is 6.20 Å². The molecule has 0 unspecified atom stereocenters. The van der Waals surface area contributed by atoms with Crippen LogP contribution in [0.1, 0.15) is 5.56 Å². The molecule has 90 valence electrons. The summed E-state index contributed by atoms with van der Waals surface area (Å²) in [5.41, 5.74) is 2.59. The molecule has 0 fully saturated rings. The zero-order valence-electron chi connectivity index (χ0n) is 9.82. The highest BCUT2D eigenvalue weighted by atomic mass is 16.5. The Labute approximate surface area is 109 Å². The molecule has 0 saturated carbocycles. The number of nitrogens with zero attached hydrogens (tertiary/aromatic N) is 4. The van der Waals surface area contributed by atoms with E-state index in [1.807, 2.05) is 24.3 Å². The Morgan fingerprint density at radius 3 is 2.84 bits per heavy atom. The van der Waals surface area contributed by atoms with E-state index in [0.29, 0.717) is 22.6 Å². The summed E-state index contributed by atoms with van der Waals surface area (Å²) in [6.07, 6.45) is 4.82. The van der Waals surface area contributed by atoms with Crippen LogP contribution in [-0.4, -0.2) is 15.1 Å². The molecular weight excluding hydrogens is 240 g/mol. The Kier molecular flexibility index (Phi) is 2.75. The van der Waals surface area contributed by atoms with Crippen molar-refractivity contribution in [3.63, 3.8) is 0 Å². The zero-order chi connectivity index (χ0) is 13.1. The molecule has 5 heteroatoms. The van der Waals surface area contributed by atoms with E-state index < -0.39 is 0 Å². The lowest BCUT2D eigenvalue weighted by Crippen LogP contribution is -1.81. The minimum atomic E-state index is 0.480. The van der Waals surface area contributed by atoms with E-state index in [-0.39, 0.29) is 0 Å². The number of hydrogen-bond donors (Lipinski definition) is 0. The van der Waals surface area contributed by atoms with Crippen LogP contribution in [0.3, 0.4) is 0 Å². The van der Waals surface area contributed by atoms with Crippen molar-refractivity contribution < 1.29 is 4.52 Å². The van der Waals surface area contributed by atoms with Crippen LogP contribution in [0.4, 0.5) is 0 Å². The van der Waals surface area contributed by atoms with Crippen molar-refractivity contribution in [2.75, 3.05) is 0 Å². The lowest BCUT2D eigenvalue weighted by atomic mass is 10.1. The first-order chi connectivity index (χ1) is 9.36. The number of rotatable bonds is 2. The molecule has 3 aromatic rings. The van der Waals surface area contributed by atoms with E-state index >= 15 is 0 Å². The summed E-state index contributed by atoms with van der Waals surface area (Å²) in [7, 11) is 0. The van der Waals surface area contributed by atoms with Crippen molar-refractivity contribution >= 4 is 0 Å². The van der Waals surface area contributed by atoms with Gasteiger partial charge in [-0.05, 0) is 18.2 Å². The topological polar surface area (TPSA) is 75.6 Å². The normalized spacial score (nSPS) is 10.1. The highest BCUT2D eigenvalue weighted by molar-refractivity contribution is 5.64. The van der Waals surface area contributed by atoms with Gasteiger partial charge < -0.3 is 4.52 Å². The quantitative estimate of drug-likeness (QED) is 0.696. The number of pyridine rings is 2. The first-order valence-corrected chi connectivity index (χ1v) is 5.60. The van der Waals surface area contributed by atoms with E-state index in [2.05, 4.69) is 15.1 Å². The number of nitriles is 1. The van der Waals surface area contributed by atoms with E-state index in [9.17, 15) is 0 Å². The highest BCUT2D eigenvalue weighted by Crippen LogP contribution is 2.24. The Morgan fingerprint density at radius 2 is 2.05 bits per heavy atom. The Hall–Kier alpha value is -3.00. The highest BCUT2D eigenvalue weighted by Gasteiger charge is 2.09. The van der Waals surface area contributed by atoms with Crippen LogP contribution in [0.2, 0.25) is 0 Å². The molecule has 0 aliphatic heterocycles. The molecular formula is C14H8N4O. The smallest absolute Gasteiger partial charge is 0.169 e. The van der Waals surface area contributed by atoms with Gasteiger partial charge in [0.25, 0.3) is 0 Å². The second-order valence-electron chi connectivity index (χ2n) is 3.87. The summed E-state index contributed by atoms with van der Waals surface area (Å²) < 4.78 is 5.27. The lowest BCUT2D eigenvalue weighted by Gasteiger charge is -1.94. The maximum atomic E-state index is 8.85. The van der Waals surface area contributed by atoms with Gasteiger partial charge >= 0.3 is 0 Å². The first kappa shape index (κ1) is 11.1. The van der Waals surface area contributed by atoms with Crippen LogP contribution in [-0.2, 0) is 0 Å². The van der Waals surface area contributed by atoms with Gasteiger partial charge in [0, 0.05) is 30.2 Å². The largest absolute Gasteiger partial charge is 0.356 e. The van der Waals surface area contributed by atoms with Crippen molar-refractivity contribution in [2.24, 2.45) is 0 Å². The fourth-order valence-corrected chi connectivity index (χ4v) is 1.68. The maximum Gasteiger partial charge on any atom is 0.169 e. The molecule has 0 aromatic carbocycles. The van der Waals surface area contributed by atoms with Crippen molar-refractivity contribution in [3.8, 4) is 28.8 Å². The number of hydrogen-bond acceptors (Lipinski definition) is 5. The monoisotopic (exact) mass is 248 g/mol.